The van der Waals surface area contributed by atoms with E-state index in [1.54, 1.807) is 13.1 Å². The van der Waals surface area contributed by atoms with Crippen molar-refractivity contribution >= 4 is 23.3 Å². The predicted molar refractivity (Wildman–Crippen MR) is 100 cm³/mol. The van der Waals surface area contributed by atoms with Crippen molar-refractivity contribution < 1.29 is 9.53 Å². The zero-order chi connectivity index (χ0) is 17.8. The van der Waals surface area contributed by atoms with Crippen LogP contribution < -0.4 is 5.32 Å². The molecule has 1 aliphatic rings. The molecule has 1 fully saturated rings. The van der Waals surface area contributed by atoms with E-state index in [0.717, 1.165) is 29.2 Å². The molecule has 6 heteroatoms. The van der Waals surface area contributed by atoms with Crippen LogP contribution in [0.4, 0.5) is 5.69 Å². The lowest BCUT2D eigenvalue weighted by Crippen LogP contribution is -2.18. The van der Waals surface area contributed by atoms with Crippen molar-refractivity contribution in [1.82, 2.24) is 9.88 Å². The van der Waals surface area contributed by atoms with Gasteiger partial charge in [-0.05, 0) is 56.6 Å². The Morgan fingerprint density at radius 3 is 3.00 bits per heavy atom. The maximum atomic E-state index is 11.9. The highest BCUT2D eigenvalue weighted by Gasteiger charge is 2.24. The molecule has 2 heterocycles. The second kappa shape index (κ2) is 7.93. The largest absolute Gasteiger partial charge is 0.461 e. The highest BCUT2D eigenvalue weighted by Crippen LogP contribution is 2.35. The van der Waals surface area contributed by atoms with E-state index >= 15 is 0 Å². The van der Waals surface area contributed by atoms with Crippen molar-refractivity contribution in [3.63, 3.8) is 0 Å². The molecule has 5 nitrogen and oxygen atoms in total. The SMILES string of the molecule is CCOC(=O)c1[nH]ccc1NCc1ccc(Cl)c(C2CCCN2C)c1. The molecule has 0 radical (unpaired) electrons. The Balaban J connectivity index is 1.72. The van der Waals surface area contributed by atoms with Crippen molar-refractivity contribution in [2.45, 2.75) is 32.4 Å². The summed E-state index contributed by atoms with van der Waals surface area (Å²) >= 11 is 6.43. The summed E-state index contributed by atoms with van der Waals surface area (Å²) in [6.07, 6.45) is 4.07. The van der Waals surface area contributed by atoms with Crippen LogP contribution >= 0.6 is 11.6 Å². The quantitative estimate of drug-likeness (QED) is 0.756. The first-order valence-corrected chi connectivity index (χ1v) is 9.05. The minimum atomic E-state index is -0.348. The number of nitrogens with one attached hydrogen (secondary N) is 2. The van der Waals surface area contributed by atoms with Gasteiger partial charge in [-0.15, -0.1) is 0 Å². The Labute approximate surface area is 153 Å². The number of likely N-dealkylation sites (tertiary alicyclic amines) is 1. The Morgan fingerprint density at radius 2 is 2.28 bits per heavy atom. The van der Waals surface area contributed by atoms with Crippen LogP contribution in [0, 0.1) is 0 Å². The van der Waals surface area contributed by atoms with Crippen molar-refractivity contribution in [2.75, 3.05) is 25.5 Å². The van der Waals surface area contributed by atoms with Gasteiger partial charge >= 0.3 is 5.97 Å². The van der Waals surface area contributed by atoms with E-state index in [1.165, 1.54) is 12.0 Å². The van der Waals surface area contributed by atoms with Gasteiger partial charge in [-0.3, -0.25) is 4.90 Å². The Morgan fingerprint density at radius 1 is 1.44 bits per heavy atom. The maximum Gasteiger partial charge on any atom is 0.356 e. The van der Waals surface area contributed by atoms with E-state index in [1.807, 2.05) is 18.2 Å². The molecule has 0 bridgehead atoms. The zero-order valence-electron chi connectivity index (χ0n) is 14.6. The maximum absolute atomic E-state index is 11.9. The van der Waals surface area contributed by atoms with E-state index < -0.39 is 0 Å². The molecule has 25 heavy (non-hydrogen) atoms. The lowest BCUT2D eigenvalue weighted by Gasteiger charge is -2.21. The van der Waals surface area contributed by atoms with Crippen LogP contribution in [-0.4, -0.2) is 36.1 Å². The number of hydrogen-bond donors (Lipinski definition) is 2. The van der Waals surface area contributed by atoms with E-state index in [2.05, 4.69) is 28.3 Å². The van der Waals surface area contributed by atoms with Gasteiger partial charge in [-0.25, -0.2) is 4.79 Å². The van der Waals surface area contributed by atoms with E-state index in [0.29, 0.717) is 24.9 Å². The molecule has 1 aliphatic heterocycles. The number of hydrogen-bond acceptors (Lipinski definition) is 4. The third kappa shape index (κ3) is 3.99. The molecule has 0 spiro atoms. The van der Waals surface area contributed by atoms with E-state index in [4.69, 9.17) is 16.3 Å². The van der Waals surface area contributed by atoms with E-state index in [-0.39, 0.29) is 5.97 Å². The van der Waals surface area contributed by atoms with Gasteiger partial charge in [0.05, 0.1) is 12.3 Å². The van der Waals surface area contributed by atoms with Gasteiger partial charge in [0.1, 0.15) is 5.69 Å². The summed E-state index contributed by atoms with van der Waals surface area (Å²) in [5.74, 6) is -0.348. The fourth-order valence-electron chi connectivity index (χ4n) is 3.35. The number of aromatic amines is 1. The number of ether oxygens (including phenoxy) is 1. The molecule has 0 amide bonds. The summed E-state index contributed by atoms with van der Waals surface area (Å²) in [6, 6.07) is 8.37. The monoisotopic (exact) mass is 361 g/mol. The van der Waals surface area contributed by atoms with Gasteiger partial charge < -0.3 is 15.0 Å². The number of carbonyl (C=O) groups is 1. The molecule has 2 aromatic rings. The summed E-state index contributed by atoms with van der Waals surface area (Å²) in [7, 11) is 2.14. The Bertz CT molecular complexity index is 744. The molecular weight excluding hydrogens is 338 g/mol. The van der Waals surface area contributed by atoms with Crippen LogP contribution in [0.15, 0.2) is 30.5 Å². The molecule has 3 rings (SSSR count). The number of H-pyrrole nitrogens is 1. The number of halogens is 1. The third-order valence-corrected chi connectivity index (χ3v) is 4.99. The van der Waals surface area contributed by atoms with Gasteiger partial charge in [0.25, 0.3) is 0 Å². The second-order valence-corrected chi connectivity index (χ2v) is 6.74. The Hall–Kier alpha value is -1.98. The molecule has 134 valence electrons. The Kier molecular flexibility index (Phi) is 5.66. The van der Waals surface area contributed by atoms with Crippen molar-refractivity contribution in [3.8, 4) is 0 Å². The van der Waals surface area contributed by atoms with Crippen LogP contribution in [0.3, 0.4) is 0 Å². The van der Waals surface area contributed by atoms with Crippen LogP contribution in [0.5, 0.6) is 0 Å². The number of carbonyl (C=O) groups excluding carboxylic acids is 1. The standard InChI is InChI=1S/C19H24ClN3O2/c1-3-25-19(24)18-16(8-9-21-18)22-12-13-6-7-15(20)14(11-13)17-5-4-10-23(17)2/h6-9,11,17,21-22H,3-5,10,12H2,1-2H3. The van der Waals surface area contributed by atoms with Crippen LogP contribution in [0.25, 0.3) is 0 Å². The molecule has 1 unspecified atom stereocenters. The summed E-state index contributed by atoms with van der Waals surface area (Å²) in [5.41, 5.74) is 3.51. The van der Waals surface area contributed by atoms with Crippen LogP contribution in [0.1, 0.15) is 47.4 Å². The number of esters is 1. The molecule has 1 aromatic heterocycles. The molecule has 1 saturated heterocycles. The highest BCUT2D eigenvalue weighted by molar-refractivity contribution is 6.31. The van der Waals surface area contributed by atoms with Gasteiger partial charge in [-0.1, -0.05) is 23.7 Å². The molecule has 1 atom stereocenters. The summed E-state index contributed by atoms with van der Waals surface area (Å²) in [4.78, 5) is 17.2. The lowest BCUT2D eigenvalue weighted by molar-refractivity contribution is 0.0521. The first-order valence-electron chi connectivity index (χ1n) is 8.67. The molecule has 1 aromatic carbocycles. The number of anilines is 1. The van der Waals surface area contributed by atoms with Crippen molar-refractivity contribution in [1.29, 1.82) is 0 Å². The fraction of sp³-hybridized carbons (Fsp3) is 0.421. The normalized spacial score (nSPS) is 17.6. The molecule has 2 N–H and O–H groups in total. The second-order valence-electron chi connectivity index (χ2n) is 6.33. The number of nitrogens with zero attached hydrogens (tertiary/aromatic N) is 1. The average Bonchev–Trinajstić information content (AvgIpc) is 3.23. The average molecular weight is 362 g/mol. The highest BCUT2D eigenvalue weighted by atomic mass is 35.5. The first-order chi connectivity index (χ1) is 12.1. The summed E-state index contributed by atoms with van der Waals surface area (Å²) in [6.45, 7) is 3.87. The predicted octanol–water partition coefficient (Wildman–Crippen LogP) is 4.22. The topological polar surface area (TPSA) is 57.4 Å². The van der Waals surface area contributed by atoms with Crippen molar-refractivity contribution in [2.24, 2.45) is 0 Å². The van der Waals surface area contributed by atoms with Crippen molar-refractivity contribution in [3.05, 3.63) is 52.3 Å². The van der Waals surface area contributed by atoms with Gasteiger partial charge in [0.15, 0.2) is 0 Å². The molecule has 0 aliphatic carbocycles. The third-order valence-electron chi connectivity index (χ3n) is 4.65. The smallest absolute Gasteiger partial charge is 0.356 e. The van der Waals surface area contributed by atoms with E-state index in [9.17, 15) is 4.79 Å². The molecular formula is C19H24ClN3O2. The summed E-state index contributed by atoms with van der Waals surface area (Å²) in [5, 5.41) is 4.12. The lowest BCUT2D eigenvalue weighted by atomic mass is 10.0. The van der Waals surface area contributed by atoms with Crippen LogP contribution in [-0.2, 0) is 11.3 Å². The minimum Gasteiger partial charge on any atom is -0.461 e. The zero-order valence-corrected chi connectivity index (χ0v) is 15.4. The number of rotatable bonds is 6. The van der Waals surface area contributed by atoms with Gasteiger partial charge in [0.2, 0.25) is 0 Å². The first kappa shape index (κ1) is 17.8. The van der Waals surface area contributed by atoms with Gasteiger partial charge in [-0.2, -0.15) is 0 Å². The fourth-order valence-corrected chi connectivity index (χ4v) is 3.59. The summed E-state index contributed by atoms with van der Waals surface area (Å²) < 4.78 is 5.06. The molecule has 0 saturated carbocycles. The minimum absolute atomic E-state index is 0.348. The number of benzene rings is 1. The van der Waals surface area contributed by atoms with Crippen LogP contribution in [0.2, 0.25) is 5.02 Å². The van der Waals surface area contributed by atoms with Gasteiger partial charge in [0, 0.05) is 23.8 Å². The number of aromatic nitrogens is 1.